The van der Waals surface area contributed by atoms with Gasteiger partial charge in [0.2, 0.25) is 5.91 Å². The third-order valence-electron chi connectivity index (χ3n) is 3.47. The minimum atomic E-state index is -1.16. The van der Waals surface area contributed by atoms with Crippen molar-refractivity contribution in [3.05, 3.63) is 65.7 Å². The molecule has 1 atom stereocenters. The minimum absolute atomic E-state index is 0.0365. The molecule has 7 nitrogen and oxygen atoms in total. The number of phenolic OH excluding ortho intramolecular Hbond substituents is 1. The van der Waals surface area contributed by atoms with Crippen LogP contribution in [-0.4, -0.2) is 40.6 Å². The Bertz CT molecular complexity index is 761. The lowest BCUT2D eigenvalue weighted by Gasteiger charge is -2.15. The Labute approximate surface area is 144 Å². The van der Waals surface area contributed by atoms with E-state index in [1.807, 2.05) is 6.07 Å². The summed E-state index contributed by atoms with van der Waals surface area (Å²) < 4.78 is 0. The molecule has 0 bridgehead atoms. The van der Waals surface area contributed by atoms with E-state index in [2.05, 4.69) is 10.6 Å². The predicted molar refractivity (Wildman–Crippen MR) is 90.2 cm³/mol. The minimum Gasteiger partial charge on any atom is -0.507 e. The summed E-state index contributed by atoms with van der Waals surface area (Å²) in [6.45, 7) is -0.397. The summed E-state index contributed by atoms with van der Waals surface area (Å²) in [4.78, 5) is 35.1. The molecular weight excluding hydrogens is 324 g/mol. The SMILES string of the molecule is O=C(CNC(=O)c1ccccc1O)N[C@@H](Cc1ccccc1)C(=O)O. The number of aliphatic carboxylic acids is 1. The van der Waals surface area contributed by atoms with Crippen LogP contribution in [0.15, 0.2) is 54.6 Å². The summed E-state index contributed by atoms with van der Waals surface area (Å²) >= 11 is 0. The van der Waals surface area contributed by atoms with Crippen molar-refractivity contribution in [2.75, 3.05) is 6.54 Å². The second-order valence-electron chi connectivity index (χ2n) is 5.35. The fraction of sp³-hybridized carbons (Fsp3) is 0.167. The average molecular weight is 342 g/mol. The maximum atomic E-state index is 11.9. The molecule has 0 heterocycles. The highest BCUT2D eigenvalue weighted by Crippen LogP contribution is 2.14. The van der Waals surface area contributed by atoms with E-state index in [-0.39, 0.29) is 17.7 Å². The zero-order chi connectivity index (χ0) is 18.2. The molecule has 2 amide bonds. The smallest absolute Gasteiger partial charge is 0.326 e. The Kier molecular flexibility index (Phi) is 6.11. The van der Waals surface area contributed by atoms with Crippen molar-refractivity contribution in [1.29, 1.82) is 0 Å². The number of carboxylic acids is 1. The van der Waals surface area contributed by atoms with Crippen LogP contribution in [0.3, 0.4) is 0 Å². The van der Waals surface area contributed by atoms with E-state index in [1.54, 1.807) is 36.4 Å². The molecule has 0 aliphatic carbocycles. The molecule has 0 radical (unpaired) electrons. The maximum absolute atomic E-state index is 11.9. The van der Waals surface area contributed by atoms with Crippen molar-refractivity contribution in [2.24, 2.45) is 0 Å². The fourth-order valence-corrected chi connectivity index (χ4v) is 2.22. The van der Waals surface area contributed by atoms with Crippen molar-refractivity contribution in [3.8, 4) is 5.75 Å². The fourth-order valence-electron chi connectivity index (χ4n) is 2.22. The number of phenols is 1. The Balaban J connectivity index is 1.90. The summed E-state index contributed by atoms with van der Waals surface area (Å²) in [5.74, 6) is -2.62. The molecule has 2 rings (SSSR count). The molecule has 0 saturated carbocycles. The van der Waals surface area contributed by atoms with E-state index in [4.69, 9.17) is 0 Å². The molecule has 25 heavy (non-hydrogen) atoms. The standard InChI is InChI=1S/C18H18N2O5/c21-15-9-5-4-8-13(15)17(23)19-11-16(22)20-14(18(24)25)10-12-6-2-1-3-7-12/h1-9,14,21H,10-11H2,(H,19,23)(H,20,22)(H,24,25)/t14-/m0/s1. The largest absolute Gasteiger partial charge is 0.507 e. The highest BCUT2D eigenvalue weighted by Gasteiger charge is 2.21. The van der Waals surface area contributed by atoms with E-state index in [0.29, 0.717) is 0 Å². The van der Waals surface area contributed by atoms with Gasteiger partial charge in [-0.1, -0.05) is 42.5 Å². The quantitative estimate of drug-likeness (QED) is 0.597. The summed E-state index contributed by atoms with van der Waals surface area (Å²) in [7, 11) is 0. The van der Waals surface area contributed by atoms with Crippen molar-refractivity contribution >= 4 is 17.8 Å². The molecule has 0 aliphatic rings. The lowest BCUT2D eigenvalue weighted by molar-refractivity contribution is -0.141. The lowest BCUT2D eigenvalue weighted by Crippen LogP contribution is -2.46. The number of benzene rings is 2. The number of nitrogens with one attached hydrogen (secondary N) is 2. The Hall–Kier alpha value is -3.35. The second-order valence-corrected chi connectivity index (χ2v) is 5.35. The van der Waals surface area contributed by atoms with Gasteiger partial charge in [0.25, 0.3) is 5.91 Å². The topological polar surface area (TPSA) is 116 Å². The van der Waals surface area contributed by atoms with Crippen molar-refractivity contribution in [3.63, 3.8) is 0 Å². The number of hydrogen-bond donors (Lipinski definition) is 4. The van der Waals surface area contributed by atoms with E-state index in [0.717, 1.165) is 5.56 Å². The van der Waals surface area contributed by atoms with Crippen LogP contribution in [0.2, 0.25) is 0 Å². The van der Waals surface area contributed by atoms with Crippen LogP contribution in [0, 0.1) is 0 Å². The molecule has 7 heteroatoms. The number of carbonyl (C=O) groups excluding carboxylic acids is 2. The number of amides is 2. The van der Waals surface area contributed by atoms with Gasteiger partial charge in [-0.05, 0) is 17.7 Å². The number of hydrogen-bond acceptors (Lipinski definition) is 4. The second kappa shape index (κ2) is 8.49. The van der Waals surface area contributed by atoms with Crippen molar-refractivity contribution < 1.29 is 24.6 Å². The van der Waals surface area contributed by atoms with E-state index < -0.39 is 30.4 Å². The predicted octanol–water partition coefficient (Wildman–Crippen LogP) is 0.934. The van der Waals surface area contributed by atoms with Crippen molar-refractivity contribution in [2.45, 2.75) is 12.5 Å². The summed E-state index contributed by atoms with van der Waals surface area (Å²) in [6, 6.07) is 13.7. The Morgan fingerprint density at radius 2 is 1.60 bits per heavy atom. The van der Waals surface area contributed by atoms with Gasteiger partial charge in [0.05, 0.1) is 12.1 Å². The van der Waals surface area contributed by atoms with Crippen molar-refractivity contribution in [1.82, 2.24) is 10.6 Å². The third kappa shape index (κ3) is 5.35. The van der Waals surface area contributed by atoms with Gasteiger partial charge >= 0.3 is 5.97 Å². The number of carboxylic acid groups (broad SMARTS) is 1. The van der Waals surface area contributed by atoms with E-state index in [1.165, 1.54) is 12.1 Å². The van der Waals surface area contributed by atoms with Crippen LogP contribution in [0.4, 0.5) is 0 Å². The molecule has 0 saturated heterocycles. The van der Waals surface area contributed by atoms with Gasteiger partial charge in [-0.3, -0.25) is 9.59 Å². The number of carbonyl (C=O) groups is 3. The van der Waals surface area contributed by atoms with Crippen LogP contribution in [0.5, 0.6) is 5.75 Å². The van der Waals surface area contributed by atoms with Gasteiger partial charge in [0, 0.05) is 6.42 Å². The van der Waals surface area contributed by atoms with Gasteiger partial charge in [0.1, 0.15) is 11.8 Å². The number of aromatic hydroxyl groups is 1. The summed E-state index contributed by atoms with van der Waals surface area (Å²) in [5.41, 5.74) is 0.808. The monoisotopic (exact) mass is 342 g/mol. The van der Waals surface area contributed by atoms with Crippen LogP contribution >= 0.6 is 0 Å². The van der Waals surface area contributed by atoms with Gasteiger partial charge in [0.15, 0.2) is 0 Å². The third-order valence-corrected chi connectivity index (χ3v) is 3.47. The van der Waals surface area contributed by atoms with Crippen LogP contribution in [-0.2, 0) is 16.0 Å². The molecule has 2 aromatic carbocycles. The number of para-hydroxylation sites is 1. The molecule has 0 unspecified atom stereocenters. The van der Waals surface area contributed by atoms with Gasteiger partial charge in [-0.15, -0.1) is 0 Å². The van der Waals surface area contributed by atoms with Crippen LogP contribution < -0.4 is 10.6 Å². The molecule has 0 fully saturated rings. The van der Waals surface area contributed by atoms with Gasteiger partial charge in [-0.2, -0.15) is 0 Å². The van der Waals surface area contributed by atoms with Gasteiger partial charge in [-0.25, -0.2) is 4.79 Å². The van der Waals surface area contributed by atoms with Crippen LogP contribution in [0.1, 0.15) is 15.9 Å². The highest BCUT2D eigenvalue weighted by molar-refractivity contribution is 5.98. The lowest BCUT2D eigenvalue weighted by atomic mass is 10.1. The Morgan fingerprint density at radius 3 is 2.24 bits per heavy atom. The maximum Gasteiger partial charge on any atom is 0.326 e. The molecule has 4 N–H and O–H groups in total. The molecular formula is C18H18N2O5. The normalized spacial score (nSPS) is 11.4. The Morgan fingerprint density at radius 1 is 0.960 bits per heavy atom. The zero-order valence-electron chi connectivity index (χ0n) is 13.3. The molecule has 130 valence electrons. The summed E-state index contributed by atoms with van der Waals surface area (Å²) in [6.07, 6.45) is 0.134. The number of rotatable bonds is 7. The first kappa shape index (κ1) is 18.0. The average Bonchev–Trinajstić information content (AvgIpc) is 2.60. The van der Waals surface area contributed by atoms with Crippen LogP contribution in [0.25, 0.3) is 0 Å². The zero-order valence-corrected chi connectivity index (χ0v) is 13.3. The first-order valence-corrected chi connectivity index (χ1v) is 7.59. The molecule has 0 aromatic heterocycles. The summed E-state index contributed by atoms with van der Waals surface area (Å²) in [5, 5.41) is 23.5. The first-order chi connectivity index (χ1) is 12.0. The van der Waals surface area contributed by atoms with E-state index >= 15 is 0 Å². The van der Waals surface area contributed by atoms with E-state index in [9.17, 15) is 24.6 Å². The molecule has 2 aromatic rings. The molecule has 0 spiro atoms. The van der Waals surface area contributed by atoms with Gasteiger partial charge < -0.3 is 20.8 Å². The first-order valence-electron chi connectivity index (χ1n) is 7.59. The highest BCUT2D eigenvalue weighted by atomic mass is 16.4. The molecule has 0 aliphatic heterocycles.